The summed E-state index contributed by atoms with van der Waals surface area (Å²) in [6.07, 6.45) is 0.716. The van der Waals surface area contributed by atoms with E-state index in [1.54, 1.807) is 23.9 Å². The number of aliphatic carboxylic acids is 1. The summed E-state index contributed by atoms with van der Waals surface area (Å²) in [6.45, 7) is 2.28. The van der Waals surface area contributed by atoms with E-state index in [2.05, 4.69) is 30.4 Å². The number of aryl methyl sites for hydroxylation is 1. The van der Waals surface area contributed by atoms with Gasteiger partial charge in [-0.1, -0.05) is 42.0 Å². The van der Waals surface area contributed by atoms with Crippen LogP contribution in [0.15, 0.2) is 48.5 Å². The van der Waals surface area contributed by atoms with E-state index in [1.165, 1.54) is 11.1 Å². The van der Waals surface area contributed by atoms with E-state index in [-0.39, 0.29) is 12.5 Å². The average Bonchev–Trinajstić information content (AvgIpc) is 2.61. The zero-order valence-electron chi connectivity index (χ0n) is 14.7. The molecule has 0 atom stereocenters. The highest BCUT2D eigenvalue weighted by molar-refractivity contribution is 7.99. The first-order valence-electron chi connectivity index (χ1n) is 8.36. The molecule has 1 amide bonds. The van der Waals surface area contributed by atoms with Gasteiger partial charge in [-0.05, 0) is 36.6 Å². The van der Waals surface area contributed by atoms with Crippen molar-refractivity contribution in [3.05, 3.63) is 65.2 Å². The largest absolute Gasteiger partial charge is 0.482 e. The van der Waals surface area contributed by atoms with Gasteiger partial charge < -0.3 is 15.2 Å². The highest BCUT2D eigenvalue weighted by Crippen LogP contribution is 2.14. The third kappa shape index (κ3) is 7.61. The van der Waals surface area contributed by atoms with Crippen molar-refractivity contribution in [2.45, 2.75) is 19.1 Å². The van der Waals surface area contributed by atoms with Gasteiger partial charge in [0.1, 0.15) is 5.75 Å². The van der Waals surface area contributed by atoms with Crippen LogP contribution in [0, 0.1) is 6.92 Å². The second-order valence-corrected chi connectivity index (χ2v) is 6.89. The first-order valence-corrected chi connectivity index (χ1v) is 9.52. The Balaban J connectivity index is 1.62. The van der Waals surface area contributed by atoms with Crippen molar-refractivity contribution in [1.29, 1.82) is 0 Å². The van der Waals surface area contributed by atoms with Gasteiger partial charge in [0.05, 0.1) is 5.75 Å². The number of rotatable bonds is 10. The fourth-order valence-corrected chi connectivity index (χ4v) is 3.16. The highest BCUT2D eigenvalue weighted by atomic mass is 32.2. The van der Waals surface area contributed by atoms with Gasteiger partial charge in [0.15, 0.2) is 6.61 Å². The maximum Gasteiger partial charge on any atom is 0.341 e. The molecule has 2 N–H and O–H groups in total. The number of carboxylic acid groups (broad SMARTS) is 1. The highest BCUT2D eigenvalue weighted by Gasteiger charge is 2.03. The van der Waals surface area contributed by atoms with Crippen LogP contribution >= 0.6 is 11.8 Å². The molecule has 138 valence electrons. The number of carboxylic acids is 1. The number of benzene rings is 2. The van der Waals surface area contributed by atoms with Gasteiger partial charge in [0.2, 0.25) is 5.91 Å². The maximum atomic E-state index is 11.9. The summed E-state index contributed by atoms with van der Waals surface area (Å²) < 4.78 is 5.08. The molecule has 0 aliphatic rings. The van der Waals surface area contributed by atoms with Crippen LogP contribution < -0.4 is 10.1 Å². The summed E-state index contributed by atoms with van der Waals surface area (Å²) in [4.78, 5) is 22.3. The second-order valence-electron chi connectivity index (χ2n) is 5.91. The molecule has 0 bridgehead atoms. The smallest absolute Gasteiger partial charge is 0.341 e. The second kappa shape index (κ2) is 10.5. The lowest BCUT2D eigenvalue weighted by Crippen LogP contribution is -2.27. The Hall–Kier alpha value is -2.47. The van der Waals surface area contributed by atoms with E-state index < -0.39 is 5.97 Å². The Bertz CT molecular complexity index is 731. The Morgan fingerprint density at radius 2 is 1.88 bits per heavy atom. The number of thioether (sulfide) groups is 1. The lowest BCUT2D eigenvalue weighted by Gasteiger charge is -2.07. The summed E-state index contributed by atoms with van der Waals surface area (Å²) in [5.74, 6) is 0.817. The minimum absolute atomic E-state index is 0.0315. The number of amides is 1. The van der Waals surface area contributed by atoms with Gasteiger partial charge in [-0.15, -0.1) is 11.8 Å². The molecule has 0 radical (unpaired) electrons. The zero-order valence-corrected chi connectivity index (χ0v) is 15.6. The standard InChI is InChI=1S/C20H23NO4S/c1-15-3-2-4-17(11-15)13-26-14-19(22)21-10-9-16-5-7-18(8-6-16)25-12-20(23)24/h2-8,11H,9-10,12-14H2,1H3,(H,21,22)(H,23,24). The van der Waals surface area contributed by atoms with Crippen LogP contribution in [0.5, 0.6) is 5.75 Å². The van der Waals surface area contributed by atoms with Crippen LogP contribution in [0.2, 0.25) is 0 Å². The molecule has 0 aliphatic heterocycles. The van der Waals surface area contributed by atoms with Gasteiger partial charge in [0, 0.05) is 12.3 Å². The first-order chi connectivity index (χ1) is 12.5. The topological polar surface area (TPSA) is 75.6 Å². The van der Waals surface area contributed by atoms with Crippen molar-refractivity contribution in [2.75, 3.05) is 18.9 Å². The third-order valence-corrected chi connectivity index (χ3v) is 4.61. The third-order valence-electron chi connectivity index (χ3n) is 3.61. The van der Waals surface area contributed by atoms with E-state index in [0.29, 0.717) is 24.5 Å². The van der Waals surface area contributed by atoms with E-state index in [1.807, 2.05) is 18.2 Å². The molecule has 5 nitrogen and oxygen atoms in total. The molecule has 2 rings (SSSR count). The van der Waals surface area contributed by atoms with Crippen LogP contribution in [0.4, 0.5) is 0 Å². The van der Waals surface area contributed by atoms with E-state index in [0.717, 1.165) is 11.3 Å². The number of hydrogen-bond acceptors (Lipinski definition) is 4. The van der Waals surface area contributed by atoms with Crippen molar-refractivity contribution < 1.29 is 19.4 Å². The number of hydrogen-bond donors (Lipinski definition) is 2. The molecule has 0 heterocycles. The maximum absolute atomic E-state index is 11.9. The quantitative estimate of drug-likeness (QED) is 0.669. The lowest BCUT2D eigenvalue weighted by atomic mass is 10.1. The minimum atomic E-state index is -1.00. The molecule has 6 heteroatoms. The van der Waals surface area contributed by atoms with Crippen molar-refractivity contribution in [1.82, 2.24) is 5.32 Å². The average molecular weight is 373 g/mol. The molecule has 2 aromatic rings. The van der Waals surface area contributed by atoms with E-state index in [9.17, 15) is 9.59 Å². The SMILES string of the molecule is Cc1cccc(CSCC(=O)NCCc2ccc(OCC(=O)O)cc2)c1. The van der Waals surface area contributed by atoms with Gasteiger partial charge in [-0.2, -0.15) is 0 Å². The molecular weight excluding hydrogens is 350 g/mol. The molecule has 0 saturated carbocycles. The summed E-state index contributed by atoms with van der Waals surface area (Å²) in [5.41, 5.74) is 3.51. The lowest BCUT2D eigenvalue weighted by molar-refractivity contribution is -0.139. The fourth-order valence-electron chi connectivity index (χ4n) is 2.36. The summed E-state index contributed by atoms with van der Waals surface area (Å²) in [5, 5.41) is 11.5. The normalized spacial score (nSPS) is 10.3. The molecule has 0 unspecified atom stereocenters. The predicted molar refractivity (Wildman–Crippen MR) is 104 cm³/mol. The molecule has 0 saturated heterocycles. The Morgan fingerprint density at radius 3 is 2.58 bits per heavy atom. The Morgan fingerprint density at radius 1 is 1.12 bits per heavy atom. The number of nitrogens with one attached hydrogen (secondary N) is 1. The Labute approximate surface area is 157 Å². The summed E-state index contributed by atoms with van der Waals surface area (Å²) >= 11 is 1.60. The van der Waals surface area contributed by atoms with Gasteiger partial charge in [0.25, 0.3) is 0 Å². The number of ether oxygens (including phenoxy) is 1. The minimum Gasteiger partial charge on any atom is -0.482 e. The number of carbonyl (C=O) groups excluding carboxylic acids is 1. The zero-order chi connectivity index (χ0) is 18.8. The fraction of sp³-hybridized carbons (Fsp3) is 0.300. The van der Waals surface area contributed by atoms with Gasteiger partial charge >= 0.3 is 5.97 Å². The summed E-state index contributed by atoms with van der Waals surface area (Å²) in [6, 6.07) is 15.5. The van der Waals surface area contributed by atoms with Crippen molar-refractivity contribution in [3.8, 4) is 5.75 Å². The van der Waals surface area contributed by atoms with Crippen molar-refractivity contribution >= 4 is 23.6 Å². The summed E-state index contributed by atoms with van der Waals surface area (Å²) in [7, 11) is 0. The van der Waals surface area contributed by atoms with Gasteiger partial charge in [-0.25, -0.2) is 4.79 Å². The Kier molecular flexibility index (Phi) is 8.02. The molecule has 0 spiro atoms. The van der Waals surface area contributed by atoms with E-state index in [4.69, 9.17) is 9.84 Å². The molecule has 0 aromatic heterocycles. The monoisotopic (exact) mass is 373 g/mol. The van der Waals surface area contributed by atoms with Crippen LogP contribution in [0.25, 0.3) is 0 Å². The van der Waals surface area contributed by atoms with Crippen LogP contribution in [-0.2, 0) is 21.8 Å². The van der Waals surface area contributed by atoms with Crippen molar-refractivity contribution in [2.24, 2.45) is 0 Å². The van der Waals surface area contributed by atoms with Crippen LogP contribution in [0.1, 0.15) is 16.7 Å². The molecule has 26 heavy (non-hydrogen) atoms. The van der Waals surface area contributed by atoms with Crippen LogP contribution in [-0.4, -0.2) is 35.9 Å². The van der Waals surface area contributed by atoms with Crippen molar-refractivity contribution in [3.63, 3.8) is 0 Å². The van der Waals surface area contributed by atoms with E-state index >= 15 is 0 Å². The molecule has 0 aliphatic carbocycles. The molecule has 2 aromatic carbocycles. The first kappa shape index (κ1) is 19.8. The molecule has 0 fully saturated rings. The molecular formula is C20H23NO4S. The van der Waals surface area contributed by atoms with Gasteiger partial charge in [-0.3, -0.25) is 4.79 Å². The predicted octanol–water partition coefficient (Wildman–Crippen LogP) is 3.05. The number of carbonyl (C=O) groups is 2. The van der Waals surface area contributed by atoms with Crippen LogP contribution in [0.3, 0.4) is 0 Å².